The molecule has 0 aromatic heterocycles. The molecule has 3 rings (SSSR count). The fraction of sp³-hybridized carbons (Fsp3) is 0.259. The Bertz CT molecular complexity index is 1170. The molecule has 7 heteroatoms. The number of rotatable bonds is 8. The Balaban J connectivity index is 1.65. The molecule has 0 heterocycles. The number of hydrogen-bond acceptors (Lipinski definition) is 4. The van der Waals surface area contributed by atoms with E-state index in [2.05, 4.69) is 5.32 Å². The summed E-state index contributed by atoms with van der Waals surface area (Å²) in [7, 11) is 3.11. The number of hydrogen-bond donors (Lipinski definition) is 1. The van der Waals surface area contributed by atoms with Crippen LogP contribution in [0.3, 0.4) is 0 Å². The molecule has 0 aliphatic rings. The van der Waals surface area contributed by atoms with E-state index >= 15 is 0 Å². The van der Waals surface area contributed by atoms with Gasteiger partial charge in [-0.3, -0.25) is 9.59 Å². The number of nitrogens with zero attached hydrogens (tertiary/aromatic N) is 1. The molecule has 0 aliphatic carbocycles. The molecule has 0 aliphatic heterocycles. The van der Waals surface area contributed by atoms with Crippen molar-refractivity contribution in [2.75, 3.05) is 26.0 Å². The average Bonchev–Trinajstić information content (AvgIpc) is 2.80. The first-order valence-corrected chi connectivity index (χ1v) is 11.2. The molecule has 0 radical (unpaired) electrons. The van der Waals surface area contributed by atoms with E-state index in [9.17, 15) is 9.59 Å². The largest absolute Gasteiger partial charge is 0.493 e. The Hall–Kier alpha value is -3.51. The molecule has 0 saturated heterocycles. The summed E-state index contributed by atoms with van der Waals surface area (Å²) in [6.07, 6.45) is 0. The maximum Gasteiger partial charge on any atom is 0.254 e. The van der Waals surface area contributed by atoms with Crippen LogP contribution in [-0.4, -0.2) is 37.4 Å². The maximum absolute atomic E-state index is 12.9. The number of ether oxygens (including phenoxy) is 2. The summed E-state index contributed by atoms with van der Waals surface area (Å²) >= 11 is 5.92. The van der Waals surface area contributed by atoms with E-state index in [-0.39, 0.29) is 18.4 Å². The van der Waals surface area contributed by atoms with E-state index in [1.54, 1.807) is 37.4 Å². The van der Waals surface area contributed by atoms with Crippen molar-refractivity contribution in [3.63, 3.8) is 0 Å². The van der Waals surface area contributed by atoms with Crippen molar-refractivity contribution in [1.82, 2.24) is 4.90 Å². The van der Waals surface area contributed by atoms with E-state index in [4.69, 9.17) is 21.1 Å². The topological polar surface area (TPSA) is 67.9 Å². The first kappa shape index (κ1) is 25.1. The molecule has 0 saturated carbocycles. The zero-order chi connectivity index (χ0) is 24.8. The average molecular weight is 481 g/mol. The predicted octanol–water partition coefficient (Wildman–Crippen LogP) is 5.56. The highest BCUT2D eigenvalue weighted by molar-refractivity contribution is 6.30. The lowest BCUT2D eigenvalue weighted by Gasteiger charge is -2.19. The smallest absolute Gasteiger partial charge is 0.254 e. The van der Waals surface area contributed by atoms with Gasteiger partial charge in [0.2, 0.25) is 5.91 Å². The molecule has 178 valence electrons. The van der Waals surface area contributed by atoms with Gasteiger partial charge in [0, 0.05) is 23.3 Å². The fourth-order valence-electron chi connectivity index (χ4n) is 3.73. The summed E-state index contributed by atoms with van der Waals surface area (Å²) in [5.41, 5.74) is 5.23. The maximum atomic E-state index is 12.9. The minimum absolute atomic E-state index is 0.0806. The van der Waals surface area contributed by atoms with E-state index in [1.807, 2.05) is 45.0 Å². The minimum Gasteiger partial charge on any atom is -0.493 e. The van der Waals surface area contributed by atoms with Crippen LogP contribution in [0.5, 0.6) is 11.5 Å². The van der Waals surface area contributed by atoms with Gasteiger partial charge in [-0.2, -0.15) is 0 Å². The Morgan fingerprint density at radius 3 is 2.21 bits per heavy atom. The Kier molecular flexibility index (Phi) is 8.18. The van der Waals surface area contributed by atoms with Gasteiger partial charge in [0.1, 0.15) is 6.61 Å². The van der Waals surface area contributed by atoms with E-state index in [0.29, 0.717) is 28.7 Å². The summed E-state index contributed by atoms with van der Waals surface area (Å²) in [4.78, 5) is 26.9. The van der Waals surface area contributed by atoms with Crippen molar-refractivity contribution in [2.24, 2.45) is 0 Å². The summed E-state index contributed by atoms with van der Waals surface area (Å²) in [6, 6.07) is 16.3. The molecule has 6 nitrogen and oxygen atoms in total. The summed E-state index contributed by atoms with van der Waals surface area (Å²) in [6.45, 7) is 6.17. The molecule has 0 bridgehead atoms. The molecule has 3 aromatic rings. The third-order valence-electron chi connectivity index (χ3n) is 5.39. The molecule has 0 spiro atoms. The number of amides is 2. The first-order chi connectivity index (χ1) is 16.2. The van der Waals surface area contributed by atoms with Crippen LogP contribution < -0.4 is 14.8 Å². The minimum atomic E-state index is -0.296. The Morgan fingerprint density at radius 2 is 1.59 bits per heavy atom. The molecular weight excluding hydrogens is 452 g/mol. The van der Waals surface area contributed by atoms with Gasteiger partial charge in [-0.05, 0) is 67.8 Å². The molecule has 3 aromatic carbocycles. The molecule has 0 atom stereocenters. The standard InChI is InChI=1S/C27H29ClN2O4/c1-17-12-18(2)26(19(3)13-17)29-25(31)15-30(4)27(32)21-8-11-23(24(14-21)33-5)34-16-20-6-9-22(28)10-7-20/h6-14H,15-16H2,1-5H3,(H,29,31). The summed E-state index contributed by atoms with van der Waals surface area (Å²) in [5, 5.41) is 3.58. The molecule has 0 fully saturated rings. The number of aryl methyl sites for hydroxylation is 3. The molecule has 34 heavy (non-hydrogen) atoms. The van der Waals surface area contributed by atoms with Crippen molar-refractivity contribution >= 4 is 29.1 Å². The normalized spacial score (nSPS) is 10.5. The number of carbonyl (C=O) groups excluding carboxylic acids is 2. The second-order valence-corrected chi connectivity index (χ2v) is 8.70. The van der Waals surface area contributed by atoms with Gasteiger partial charge in [0.25, 0.3) is 5.91 Å². The van der Waals surface area contributed by atoms with Gasteiger partial charge in [0.05, 0.1) is 13.7 Å². The van der Waals surface area contributed by atoms with Crippen LogP contribution in [0, 0.1) is 20.8 Å². The zero-order valence-corrected chi connectivity index (χ0v) is 20.8. The molecule has 0 unspecified atom stereocenters. The van der Waals surface area contributed by atoms with Gasteiger partial charge in [0.15, 0.2) is 11.5 Å². The summed E-state index contributed by atoms with van der Waals surface area (Å²) < 4.78 is 11.3. The summed E-state index contributed by atoms with van der Waals surface area (Å²) in [5.74, 6) is 0.388. The SMILES string of the molecule is COc1cc(C(=O)N(C)CC(=O)Nc2c(C)cc(C)cc2C)ccc1OCc1ccc(Cl)cc1. The Labute approximate surface area is 205 Å². The van der Waals surface area contributed by atoms with E-state index in [0.717, 1.165) is 27.9 Å². The third kappa shape index (κ3) is 6.29. The molecule has 1 N–H and O–H groups in total. The number of benzene rings is 3. The second kappa shape index (κ2) is 11.1. The fourth-order valence-corrected chi connectivity index (χ4v) is 3.85. The zero-order valence-electron chi connectivity index (χ0n) is 20.1. The van der Waals surface area contributed by atoms with Crippen molar-refractivity contribution in [1.29, 1.82) is 0 Å². The highest BCUT2D eigenvalue weighted by Gasteiger charge is 2.18. The van der Waals surface area contributed by atoms with Gasteiger partial charge < -0.3 is 19.7 Å². The number of methoxy groups -OCH3 is 1. The number of likely N-dealkylation sites (N-methyl/N-ethyl adjacent to an activating group) is 1. The van der Waals surface area contributed by atoms with Crippen molar-refractivity contribution in [2.45, 2.75) is 27.4 Å². The molecule has 2 amide bonds. The van der Waals surface area contributed by atoms with E-state index in [1.165, 1.54) is 12.0 Å². The van der Waals surface area contributed by atoms with Gasteiger partial charge >= 0.3 is 0 Å². The third-order valence-corrected chi connectivity index (χ3v) is 5.64. The highest BCUT2D eigenvalue weighted by atomic mass is 35.5. The van der Waals surface area contributed by atoms with Crippen LogP contribution in [0.15, 0.2) is 54.6 Å². The van der Waals surface area contributed by atoms with Crippen LogP contribution in [0.25, 0.3) is 0 Å². The predicted molar refractivity (Wildman–Crippen MR) is 135 cm³/mol. The van der Waals surface area contributed by atoms with Crippen LogP contribution in [0.4, 0.5) is 5.69 Å². The monoisotopic (exact) mass is 480 g/mol. The van der Waals surface area contributed by atoms with Crippen molar-refractivity contribution in [3.8, 4) is 11.5 Å². The van der Waals surface area contributed by atoms with Crippen molar-refractivity contribution in [3.05, 3.63) is 87.4 Å². The van der Waals surface area contributed by atoms with Crippen molar-refractivity contribution < 1.29 is 19.1 Å². The Morgan fingerprint density at radius 1 is 0.941 bits per heavy atom. The first-order valence-electron chi connectivity index (χ1n) is 10.9. The number of nitrogens with one attached hydrogen (secondary N) is 1. The van der Waals surface area contributed by atoms with Crippen LogP contribution in [0.2, 0.25) is 5.02 Å². The van der Waals surface area contributed by atoms with Crippen LogP contribution in [0.1, 0.15) is 32.6 Å². The quantitative estimate of drug-likeness (QED) is 0.458. The van der Waals surface area contributed by atoms with Gasteiger partial charge in [-0.15, -0.1) is 0 Å². The lowest BCUT2D eigenvalue weighted by Crippen LogP contribution is -2.35. The van der Waals surface area contributed by atoms with Gasteiger partial charge in [-0.25, -0.2) is 0 Å². The number of carbonyl (C=O) groups is 2. The highest BCUT2D eigenvalue weighted by Crippen LogP contribution is 2.29. The number of anilines is 1. The van der Waals surface area contributed by atoms with Crippen LogP contribution in [-0.2, 0) is 11.4 Å². The second-order valence-electron chi connectivity index (χ2n) is 8.26. The lowest BCUT2D eigenvalue weighted by atomic mass is 10.1. The number of halogens is 1. The lowest BCUT2D eigenvalue weighted by molar-refractivity contribution is -0.116. The van der Waals surface area contributed by atoms with Gasteiger partial charge in [-0.1, -0.05) is 41.4 Å². The van der Waals surface area contributed by atoms with E-state index < -0.39 is 0 Å². The van der Waals surface area contributed by atoms with Crippen LogP contribution >= 0.6 is 11.6 Å². The molecular formula is C27H29ClN2O4.